The largest absolute Gasteiger partial charge is 0.303 e. The van der Waals surface area contributed by atoms with Gasteiger partial charge in [-0.1, -0.05) is 18.5 Å². The van der Waals surface area contributed by atoms with Gasteiger partial charge >= 0.3 is 0 Å². The Kier molecular flexibility index (Phi) is 5.62. The van der Waals surface area contributed by atoms with Crippen molar-refractivity contribution < 1.29 is 8.42 Å². The molecule has 0 amide bonds. The molecule has 9 heteroatoms. The second kappa shape index (κ2) is 7.57. The molecule has 3 heterocycles. The molecule has 0 saturated carbocycles. The second-order valence-corrected chi connectivity index (χ2v) is 8.74. The number of fused-ring (bicyclic) bond motifs is 1. The van der Waals surface area contributed by atoms with Crippen molar-refractivity contribution in [2.45, 2.75) is 38.0 Å². The summed E-state index contributed by atoms with van der Waals surface area (Å²) in [5, 5.41) is 4.63. The van der Waals surface area contributed by atoms with Gasteiger partial charge in [0.15, 0.2) is 5.65 Å². The molecule has 1 aliphatic heterocycles. The molecule has 1 N–H and O–H groups in total. The number of nitrogens with one attached hydrogen (secondary N) is 1. The number of sulfonamides is 1. The summed E-state index contributed by atoms with van der Waals surface area (Å²) in [6.45, 7) is 7.60. The fourth-order valence-corrected chi connectivity index (χ4v) is 4.40. The average Bonchev–Trinajstić information content (AvgIpc) is 2.88. The van der Waals surface area contributed by atoms with Crippen LogP contribution in [-0.2, 0) is 10.0 Å². The van der Waals surface area contributed by atoms with E-state index >= 15 is 0 Å². The minimum atomic E-state index is -3.61. The molecule has 7 nitrogen and oxygen atoms in total. The summed E-state index contributed by atoms with van der Waals surface area (Å²) in [5.74, 6) is 0.376. The molecule has 1 fully saturated rings. The maximum atomic E-state index is 12.5. The Morgan fingerprint density at radius 1 is 1.36 bits per heavy atom. The molecule has 0 atom stereocenters. The van der Waals surface area contributed by atoms with Crippen LogP contribution in [0.15, 0.2) is 17.3 Å². The van der Waals surface area contributed by atoms with E-state index in [1.807, 2.05) is 0 Å². The van der Waals surface area contributed by atoms with E-state index < -0.39 is 10.0 Å². The molecule has 0 aliphatic carbocycles. The van der Waals surface area contributed by atoms with E-state index in [4.69, 9.17) is 11.6 Å². The highest BCUT2D eigenvalue weighted by atomic mass is 35.5. The summed E-state index contributed by atoms with van der Waals surface area (Å²) in [4.78, 5) is 6.67. The van der Waals surface area contributed by atoms with Gasteiger partial charge in [-0.2, -0.15) is 5.10 Å². The van der Waals surface area contributed by atoms with Crippen molar-refractivity contribution in [1.82, 2.24) is 24.2 Å². The lowest BCUT2D eigenvalue weighted by Gasteiger charge is -2.31. The maximum absolute atomic E-state index is 12.5. The van der Waals surface area contributed by atoms with Gasteiger partial charge in [-0.05, 0) is 51.7 Å². The van der Waals surface area contributed by atoms with E-state index in [2.05, 4.69) is 26.6 Å². The predicted octanol–water partition coefficient (Wildman–Crippen LogP) is 2.09. The fraction of sp³-hybridized carbons (Fsp3) is 0.625. The van der Waals surface area contributed by atoms with Crippen molar-refractivity contribution in [3.8, 4) is 0 Å². The Bertz CT molecular complexity index is 844. The SMILES string of the molecule is CCCN1CCC(CNS(=O)(=O)c2cnc3c(Cl)c(C)nn3c2)CC1. The quantitative estimate of drug-likeness (QED) is 0.823. The average molecular weight is 386 g/mol. The van der Waals surface area contributed by atoms with Gasteiger partial charge < -0.3 is 4.90 Å². The molecule has 0 spiro atoms. The predicted molar refractivity (Wildman–Crippen MR) is 97.4 cm³/mol. The van der Waals surface area contributed by atoms with Crippen LogP contribution in [0.25, 0.3) is 5.65 Å². The smallest absolute Gasteiger partial charge is 0.243 e. The monoisotopic (exact) mass is 385 g/mol. The zero-order chi connectivity index (χ0) is 18.0. The van der Waals surface area contributed by atoms with Crippen LogP contribution in [0.1, 0.15) is 31.9 Å². The van der Waals surface area contributed by atoms with Crippen LogP contribution in [0.5, 0.6) is 0 Å². The summed E-state index contributed by atoms with van der Waals surface area (Å²) < 4.78 is 29.2. The Morgan fingerprint density at radius 2 is 2.08 bits per heavy atom. The van der Waals surface area contributed by atoms with Crippen molar-refractivity contribution in [3.05, 3.63) is 23.1 Å². The molecule has 0 unspecified atom stereocenters. The molecule has 0 radical (unpaired) electrons. The topological polar surface area (TPSA) is 79.6 Å². The van der Waals surface area contributed by atoms with E-state index in [1.165, 1.54) is 16.9 Å². The van der Waals surface area contributed by atoms with Crippen LogP contribution >= 0.6 is 11.6 Å². The van der Waals surface area contributed by atoms with Gasteiger partial charge in [-0.3, -0.25) is 0 Å². The lowest BCUT2D eigenvalue weighted by molar-refractivity contribution is 0.186. The fourth-order valence-electron chi connectivity index (χ4n) is 3.18. The van der Waals surface area contributed by atoms with Crippen LogP contribution in [0.3, 0.4) is 0 Å². The highest BCUT2D eigenvalue weighted by Gasteiger charge is 2.22. The van der Waals surface area contributed by atoms with Crippen LogP contribution in [0.2, 0.25) is 5.02 Å². The number of piperidine rings is 1. The zero-order valence-corrected chi connectivity index (χ0v) is 16.1. The van der Waals surface area contributed by atoms with Crippen molar-refractivity contribution in [2.75, 3.05) is 26.2 Å². The second-order valence-electron chi connectivity index (χ2n) is 6.59. The number of hydrogen-bond acceptors (Lipinski definition) is 5. The molecule has 1 saturated heterocycles. The van der Waals surface area contributed by atoms with E-state index in [0.717, 1.165) is 38.9 Å². The van der Waals surface area contributed by atoms with Gasteiger partial charge in [0, 0.05) is 6.54 Å². The first-order chi connectivity index (χ1) is 11.9. The molecule has 0 bridgehead atoms. The minimum Gasteiger partial charge on any atom is -0.303 e. The summed E-state index contributed by atoms with van der Waals surface area (Å²) >= 11 is 6.09. The van der Waals surface area contributed by atoms with Crippen molar-refractivity contribution >= 4 is 27.3 Å². The number of nitrogens with zero attached hydrogens (tertiary/aromatic N) is 4. The summed E-state index contributed by atoms with van der Waals surface area (Å²) in [6.07, 6.45) is 5.98. The van der Waals surface area contributed by atoms with E-state index in [-0.39, 0.29) is 4.90 Å². The van der Waals surface area contributed by atoms with Crippen molar-refractivity contribution in [2.24, 2.45) is 5.92 Å². The Balaban J connectivity index is 1.64. The van der Waals surface area contributed by atoms with Crippen molar-refractivity contribution in [1.29, 1.82) is 0 Å². The Hall–Kier alpha value is -1.22. The van der Waals surface area contributed by atoms with E-state index in [9.17, 15) is 8.42 Å². The van der Waals surface area contributed by atoms with Crippen LogP contribution < -0.4 is 4.72 Å². The number of halogens is 1. The zero-order valence-electron chi connectivity index (χ0n) is 14.6. The first-order valence-corrected chi connectivity index (χ1v) is 10.5. The summed E-state index contributed by atoms with van der Waals surface area (Å²) in [7, 11) is -3.61. The lowest BCUT2D eigenvalue weighted by atomic mass is 9.97. The molecule has 25 heavy (non-hydrogen) atoms. The van der Waals surface area contributed by atoms with Gasteiger partial charge in [0.2, 0.25) is 10.0 Å². The normalized spacial score (nSPS) is 17.4. The standard InChI is InChI=1S/C16H24ClN5O2S/c1-3-6-21-7-4-13(5-8-21)9-19-25(23,24)14-10-18-16-15(17)12(2)20-22(16)11-14/h10-11,13,19H,3-9H2,1-2H3. The van der Waals surface area contributed by atoms with Gasteiger partial charge in [-0.15, -0.1) is 0 Å². The molecular weight excluding hydrogens is 362 g/mol. The van der Waals surface area contributed by atoms with Gasteiger partial charge in [0.05, 0.1) is 18.1 Å². The van der Waals surface area contributed by atoms with Gasteiger partial charge in [0.25, 0.3) is 0 Å². The molecule has 3 rings (SSSR count). The number of likely N-dealkylation sites (tertiary alicyclic amines) is 1. The Labute approximate surface area is 153 Å². The van der Waals surface area contributed by atoms with Crippen LogP contribution in [0, 0.1) is 12.8 Å². The minimum absolute atomic E-state index is 0.0996. The third-order valence-electron chi connectivity index (χ3n) is 4.67. The molecule has 2 aromatic rings. The summed E-state index contributed by atoms with van der Waals surface area (Å²) in [6, 6.07) is 0. The van der Waals surface area contributed by atoms with Crippen molar-refractivity contribution in [3.63, 3.8) is 0 Å². The molecular formula is C16H24ClN5O2S. The first kappa shape index (κ1) is 18.6. The highest BCUT2D eigenvalue weighted by Crippen LogP contribution is 2.21. The molecule has 0 aromatic carbocycles. The number of rotatable bonds is 6. The highest BCUT2D eigenvalue weighted by molar-refractivity contribution is 7.89. The summed E-state index contributed by atoms with van der Waals surface area (Å²) in [5.41, 5.74) is 1.08. The maximum Gasteiger partial charge on any atom is 0.243 e. The third-order valence-corrected chi connectivity index (χ3v) is 6.49. The Morgan fingerprint density at radius 3 is 2.76 bits per heavy atom. The van der Waals surface area contributed by atoms with Crippen LogP contribution in [-0.4, -0.2) is 54.1 Å². The number of hydrogen-bond donors (Lipinski definition) is 1. The molecule has 2 aromatic heterocycles. The number of aryl methyl sites for hydroxylation is 1. The van der Waals surface area contributed by atoms with E-state index in [1.54, 1.807) is 6.92 Å². The third kappa shape index (κ3) is 4.13. The van der Waals surface area contributed by atoms with Gasteiger partial charge in [0.1, 0.15) is 9.92 Å². The molecule has 1 aliphatic rings. The first-order valence-electron chi connectivity index (χ1n) is 8.63. The number of aromatic nitrogens is 3. The van der Waals surface area contributed by atoms with E-state index in [0.29, 0.717) is 28.8 Å². The lowest BCUT2D eigenvalue weighted by Crippen LogP contribution is -2.38. The molecule has 138 valence electrons. The van der Waals surface area contributed by atoms with Gasteiger partial charge in [-0.25, -0.2) is 22.6 Å². The van der Waals surface area contributed by atoms with Crippen LogP contribution in [0.4, 0.5) is 0 Å².